The minimum atomic E-state index is 0. The van der Waals surface area contributed by atoms with Gasteiger partial charge in [0.1, 0.15) is 0 Å². The topological polar surface area (TPSA) is 0 Å². The Kier molecular flexibility index (Phi) is 11.2. The van der Waals surface area contributed by atoms with Crippen LogP contribution in [0.25, 0.3) is 21.5 Å². The van der Waals surface area contributed by atoms with Gasteiger partial charge in [-0.3, -0.25) is 6.08 Å². The van der Waals surface area contributed by atoms with Crippen molar-refractivity contribution in [3.8, 4) is 0 Å². The number of hydrogen-bond acceptors (Lipinski definition) is 0. The monoisotopic (exact) mass is 406 g/mol. The summed E-state index contributed by atoms with van der Waals surface area (Å²) in [6.45, 7) is 0. The van der Waals surface area contributed by atoms with Crippen LogP contribution in [0.15, 0.2) is 72.8 Å². The Morgan fingerprint density at radius 3 is 1.73 bits per heavy atom. The molecule has 3 heteroatoms. The van der Waals surface area contributed by atoms with E-state index in [-0.39, 0.29) is 24.8 Å². The number of halogens is 2. The van der Waals surface area contributed by atoms with Crippen LogP contribution in [0.5, 0.6) is 0 Å². The van der Waals surface area contributed by atoms with E-state index in [2.05, 4.69) is 71.0 Å². The smallest absolute Gasteiger partial charge is 0.0771 e. The fourth-order valence-corrected chi connectivity index (χ4v) is 2.24. The zero-order valence-corrected chi connectivity index (χ0v) is 16.2. The van der Waals surface area contributed by atoms with Crippen LogP contribution in [-0.2, 0) is 24.2 Å². The summed E-state index contributed by atoms with van der Waals surface area (Å²) in [5.74, 6) is 0. The van der Waals surface area contributed by atoms with Crippen molar-refractivity contribution in [2.75, 3.05) is 0 Å². The zero-order valence-electron chi connectivity index (χ0n) is 12.2. The average Bonchev–Trinajstić information content (AvgIpc) is 3.20. The fourth-order valence-electron chi connectivity index (χ4n) is 2.24. The first kappa shape index (κ1) is 21.1. The molecule has 0 aliphatic heterocycles. The molecule has 0 saturated heterocycles. The molecule has 0 amide bonds. The molecule has 0 fully saturated rings. The first-order valence-electron chi connectivity index (χ1n) is 6.55. The van der Waals surface area contributed by atoms with E-state index in [1.165, 1.54) is 45.8 Å². The van der Waals surface area contributed by atoms with Gasteiger partial charge >= 0.3 is 28.4 Å². The maximum atomic E-state index is 3.34. The van der Waals surface area contributed by atoms with Crippen LogP contribution in [0.3, 0.4) is 0 Å². The second-order valence-electron chi connectivity index (χ2n) is 4.32. The molecule has 0 radical (unpaired) electrons. The van der Waals surface area contributed by atoms with Crippen LogP contribution < -0.4 is 0 Å². The Hall–Kier alpha value is -0.877. The zero-order chi connectivity index (χ0) is 14.2. The fraction of sp³-hybridized carbons (Fsp3) is 0.0526. The molecule has 1 aliphatic carbocycles. The largest absolute Gasteiger partial charge is 0.126 e. The van der Waals surface area contributed by atoms with Crippen LogP contribution in [0.1, 0.15) is 6.42 Å². The molecule has 4 rings (SSSR count). The van der Waals surface area contributed by atoms with Crippen molar-refractivity contribution in [2.45, 2.75) is 6.42 Å². The third kappa shape index (κ3) is 5.39. The van der Waals surface area contributed by atoms with Crippen molar-refractivity contribution in [2.24, 2.45) is 0 Å². The second kappa shape index (κ2) is 11.7. The molecule has 3 aromatic rings. The van der Waals surface area contributed by atoms with Crippen molar-refractivity contribution in [3.05, 3.63) is 78.9 Å². The van der Waals surface area contributed by atoms with Crippen LogP contribution >= 0.6 is 24.8 Å². The summed E-state index contributed by atoms with van der Waals surface area (Å²) in [4.78, 5) is 0. The molecule has 1 aliphatic rings. The van der Waals surface area contributed by atoms with E-state index in [1.807, 2.05) is 12.2 Å². The Morgan fingerprint density at radius 2 is 1.36 bits per heavy atom. The molecule has 3 aromatic carbocycles. The Morgan fingerprint density at radius 1 is 0.864 bits per heavy atom. The second-order valence-corrected chi connectivity index (χ2v) is 4.32. The number of fused-ring (bicyclic) bond motifs is 3. The van der Waals surface area contributed by atoms with Gasteiger partial charge in [0.25, 0.3) is 0 Å². The van der Waals surface area contributed by atoms with Crippen molar-refractivity contribution < 1.29 is 24.2 Å². The van der Waals surface area contributed by atoms with Crippen molar-refractivity contribution >= 4 is 50.6 Å². The number of rotatable bonds is 0. The Bertz CT molecular complexity index is 681. The molecule has 0 spiro atoms. The van der Waals surface area contributed by atoms with Gasteiger partial charge < -0.3 is 0 Å². The predicted octanol–water partition coefficient (Wildman–Crippen LogP) is 5.83. The van der Waals surface area contributed by atoms with Crippen LogP contribution in [0, 0.1) is 6.08 Å². The van der Waals surface area contributed by atoms with E-state index in [4.69, 9.17) is 0 Å². The third-order valence-electron chi connectivity index (χ3n) is 3.11. The number of hydrogen-bond donors (Lipinski definition) is 0. The third-order valence-corrected chi connectivity index (χ3v) is 3.11. The summed E-state index contributed by atoms with van der Waals surface area (Å²) in [7, 11) is 0. The Balaban J connectivity index is 0.000000422. The van der Waals surface area contributed by atoms with Gasteiger partial charge in [-0.1, -0.05) is 36.4 Å². The van der Waals surface area contributed by atoms with E-state index in [0.29, 0.717) is 0 Å². The number of allylic oxidation sites excluding steroid dienone is 4. The molecular weight excluding hydrogens is 390 g/mol. The molecule has 0 aromatic heterocycles. The van der Waals surface area contributed by atoms with E-state index in [9.17, 15) is 0 Å². The molecule has 22 heavy (non-hydrogen) atoms. The maximum Gasteiger partial charge on any atom is -0.0771 e. The maximum absolute atomic E-state index is 3.34. The molecule has 0 atom stereocenters. The Labute approximate surface area is 159 Å². The molecule has 0 N–H and O–H groups in total. The van der Waals surface area contributed by atoms with E-state index in [1.54, 1.807) is 0 Å². The SMILES string of the molecule is Cl.Cl.[C-]1=CC=CC1.[CH2]=[Zr+2].c1ccc2c(c1)[cH-]c1ccccc12. The summed E-state index contributed by atoms with van der Waals surface area (Å²) < 4.78 is 3.34. The van der Waals surface area contributed by atoms with E-state index >= 15 is 0 Å². The van der Waals surface area contributed by atoms with Gasteiger partial charge in [0.2, 0.25) is 0 Å². The standard InChI is InChI=1S/C13H9.C5H5.CH2.2ClH.Zr/c1-3-7-12-10(5-1)9-11-6-2-4-8-13(11)12;1-2-4-5-3-1;;;;/h1-9H;1-3H,4H2;1H2;2*1H;/q2*-1;;;;+2. The predicted molar refractivity (Wildman–Crippen MR) is 100 cm³/mol. The van der Waals surface area contributed by atoms with Gasteiger partial charge in [0, 0.05) is 0 Å². The van der Waals surface area contributed by atoms with Crippen molar-refractivity contribution in [1.82, 2.24) is 0 Å². The van der Waals surface area contributed by atoms with E-state index < -0.39 is 0 Å². The first-order valence-corrected chi connectivity index (χ1v) is 8.29. The van der Waals surface area contributed by atoms with Gasteiger partial charge in [0.15, 0.2) is 0 Å². The van der Waals surface area contributed by atoms with Gasteiger partial charge in [-0.05, 0) is 0 Å². The van der Waals surface area contributed by atoms with Gasteiger partial charge in [-0.25, -0.2) is 12.2 Å². The molecule has 112 valence electrons. The van der Waals surface area contributed by atoms with Crippen molar-refractivity contribution in [3.63, 3.8) is 0 Å². The van der Waals surface area contributed by atoms with E-state index in [0.717, 1.165) is 6.42 Å². The summed E-state index contributed by atoms with van der Waals surface area (Å²) in [5, 5.41) is 5.39. The summed E-state index contributed by atoms with van der Waals surface area (Å²) in [6, 6.07) is 19.3. The number of benzene rings is 2. The summed E-state index contributed by atoms with van der Waals surface area (Å²) >= 11 is 1.30. The molecular formula is C19H18Cl2Zr. The molecule has 0 unspecified atom stereocenters. The molecule has 0 nitrogen and oxygen atoms in total. The minimum absolute atomic E-state index is 0. The molecule has 0 saturated carbocycles. The molecule has 0 bridgehead atoms. The molecule has 0 heterocycles. The van der Waals surface area contributed by atoms with Gasteiger partial charge in [0.05, 0.1) is 0 Å². The van der Waals surface area contributed by atoms with Gasteiger partial charge in [-0.2, -0.15) is 6.08 Å². The first-order chi connectivity index (χ1) is 9.95. The normalized spacial score (nSPS) is 10.8. The average molecular weight is 408 g/mol. The van der Waals surface area contributed by atoms with Crippen LogP contribution in [0.2, 0.25) is 0 Å². The quantitative estimate of drug-likeness (QED) is 0.411. The van der Waals surface area contributed by atoms with Crippen LogP contribution in [0.4, 0.5) is 0 Å². The summed E-state index contributed by atoms with van der Waals surface area (Å²) in [6.07, 6.45) is 10.0. The minimum Gasteiger partial charge on any atom is -0.126 e. The van der Waals surface area contributed by atoms with Gasteiger partial charge in [-0.15, -0.1) is 71.0 Å². The van der Waals surface area contributed by atoms with Crippen LogP contribution in [-0.4, -0.2) is 4.21 Å². The summed E-state index contributed by atoms with van der Waals surface area (Å²) in [5.41, 5.74) is 0. The van der Waals surface area contributed by atoms with Crippen molar-refractivity contribution in [1.29, 1.82) is 0 Å².